The molecular formula is C21H28N6O2. The minimum Gasteiger partial charge on any atom is -0.319 e. The first-order valence-electron chi connectivity index (χ1n) is 10.2. The van der Waals surface area contributed by atoms with Gasteiger partial charge < -0.3 is 15.1 Å². The molecule has 154 valence electrons. The van der Waals surface area contributed by atoms with Crippen molar-refractivity contribution in [2.75, 3.05) is 50.0 Å². The van der Waals surface area contributed by atoms with Gasteiger partial charge in [-0.2, -0.15) is 5.10 Å². The number of nitrogens with zero attached hydrogens (tertiary/aromatic N) is 5. The lowest BCUT2D eigenvalue weighted by molar-refractivity contribution is -0.118. The van der Waals surface area contributed by atoms with Crippen molar-refractivity contribution in [3.05, 3.63) is 35.7 Å². The molecule has 2 aliphatic heterocycles. The Morgan fingerprint density at radius 3 is 2.59 bits per heavy atom. The number of anilines is 3. The monoisotopic (exact) mass is 396 g/mol. The summed E-state index contributed by atoms with van der Waals surface area (Å²) in [6, 6.07) is 7.46. The van der Waals surface area contributed by atoms with Crippen LogP contribution in [0.15, 0.2) is 24.3 Å². The maximum absolute atomic E-state index is 13.5. The Bertz CT molecular complexity index is 929. The molecule has 0 spiro atoms. The summed E-state index contributed by atoms with van der Waals surface area (Å²) in [4.78, 5) is 32.7. The van der Waals surface area contributed by atoms with Crippen LogP contribution in [0.1, 0.15) is 29.5 Å². The van der Waals surface area contributed by atoms with Gasteiger partial charge in [-0.15, -0.1) is 0 Å². The molecule has 1 N–H and O–H groups in total. The van der Waals surface area contributed by atoms with Gasteiger partial charge >= 0.3 is 0 Å². The van der Waals surface area contributed by atoms with Gasteiger partial charge in [0.1, 0.15) is 5.69 Å². The number of fused-ring (bicyclic) bond motifs is 2. The maximum atomic E-state index is 13.5. The highest BCUT2D eigenvalue weighted by molar-refractivity contribution is 6.17. The Balaban J connectivity index is 1.68. The van der Waals surface area contributed by atoms with Crippen LogP contribution in [0.2, 0.25) is 0 Å². The fourth-order valence-electron chi connectivity index (χ4n) is 4.07. The standard InChI is InChI=1S/C21H28N6O2/c1-4-15-19-20(25(3)23-15)21(29)22-16-7-5-6-8-17(16)27(19)18(28)9-10-26-13-11-24(2)12-14-26/h5-8H,4,9-14H2,1-3H3,(H,22,29). The SMILES string of the molecule is CCc1nn(C)c2c1N(C(=O)CCN1CCN(C)CC1)c1ccccc1NC2=O. The predicted octanol–water partition coefficient (Wildman–Crippen LogP) is 1.85. The Morgan fingerprint density at radius 1 is 1.14 bits per heavy atom. The van der Waals surface area contributed by atoms with Gasteiger partial charge in [-0.1, -0.05) is 19.1 Å². The molecule has 8 heteroatoms. The summed E-state index contributed by atoms with van der Waals surface area (Å²) < 4.78 is 1.58. The molecule has 2 aromatic rings. The Kier molecular flexibility index (Phi) is 5.38. The molecule has 0 aliphatic carbocycles. The van der Waals surface area contributed by atoms with Gasteiger partial charge in [0.15, 0.2) is 5.69 Å². The molecule has 0 atom stereocenters. The molecular weight excluding hydrogens is 368 g/mol. The van der Waals surface area contributed by atoms with E-state index in [1.54, 1.807) is 16.6 Å². The van der Waals surface area contributed by atoms with E-state index in [0.717, 1.165) is 31.9 Å². The first-order chi connectivity index (χ1) is 14.0. The predicted molar refractivity (Wildman–Crippen MR) is 113 cm³/mol. The zero-order valence-corrected chi connectivity index (χ0v) is 17.3. The summed E-state index contributed by atoms with van der Waals surface area (Å²) in [7, 11) is 3.87. The molecule has 1 fully saturated rings. The minimum atomic E-state index is -0.239. The highest BCUT2D eigenvalue weighted by Gasteiger charge is 2.34. The zero-order chi connectivity index (χ0) is 20.5. The summed E-state index contributed by atoms with van der Waals surface area (Å²) in [5.74, 6) is -0.256. The zero-order valence-electron chi connectivity index (χ0n) is 17.3. The van der Waals surface area contributed by atoms with Crippen molar-refractivity contribution >= 4 is 28.9 Å². The van der Waals surface area contributed by atoms with Crippen LogP contribution in [-0.2, 0) is 18.3 Å². The average Bonchev–Trinajstić information content (AvgIpc) is 2.97. The average molecular weight is 396 g/mol. The first-order valence-corrected chi connectivity index (χ1v) is 10.2. The highest BCUT2D eigenvalue weighted by atomic mass is 16.2. The second-order valence-corrected chi connectivity index (χ2v) is 7.72. The maximum Gasteiger partial charge on any atom is 0.276 e. The second kappa shape index (κ2) is 7.96. The summed E-state index contributed by atoms with van der Waals surface area (Å²) in [6.45, 7) is 6.68. The molecule has 4 rings (SSSR count). The number of nitrogens with one attached hydrogen (secondary N) is 1. The van der Waals surface area contributed by atoms with Crippen LogP contribution in [0.4, 0.5) is 17.1 Å². The molecule has 0 bridgehead atoms. The number of amides is 2. The Labute approximate surface area is 171 Å². The molecule has 0 radical (unpaired) electrons. The Hall–Kier alpha value is -2.71. The smallest absolute Gasteiger partial charge is 0.276 e. The van der Waals surface area contributed by atoms with Crippen LogP contribution in [0, 0.1) is 0 Å². The number of likely N-dealkylation sites (N-methyl/N-ethyl adjacent to an activating group) is 1. The quantitative estimate of drug-likeness (QED) is 0.854. The topological polar surface area (TPSA) is 73.7 Å². The number of hydrogen-bond donors (Lipinski definition) is 1. The van der Waals surface area contributed by atoms with Crippen molar-refractivity contribution < 1.29 is 9.59 Å². The molecule has 1 saturated heterocycles. The van der Waals surface area contributed by atoms with E-state index in [-0.39, 0.29) is 11.8 Å². The van der Waals surface area contributed by atoms with E-state index in [1.165, 1.54) is 0 Å². The van der Waals surface area contributed by atoms with Gasteiger partial charge in [0.05, 0.1) is 17.1 Å². The van der Waals surface area contributed by atoms with Crippen molar-refractivity contribution in [2.45, 2.75) is 19.8 Å². The largest absolute Gasteiger partial charge is 0.319 e. The fourth-order valence-corrected chi connectivity index (χ4v) is 4.07. The highest BCUT2D eigenvalue weighted by Crippen LogP contribution is 2.40. The molecule has 1 aromatic carbocycles. The lowest BCUT2D eigenvalue weighted by Gasteiger charge is -2.32. The Morgan fingerprint density at radius 2 is 1.86 bits per heavy atom. The van der Waals surface area contributed by atoms with E-state index in [1.807, 2.05) is 31.2 Å². The summed E-state index contributed by atoms with van der Waals surface area (Å²) in [5.41, 5.74) is 3.13. The molecule has 3 heterocycles. The number of hydrogen-bond acceptors (Lipinski definition) is 5. The number of piperazine rings is 1. The third-order valence-corrected chi connectivity index (χ3v) is 5.75. The van der Waals surface area contributed by atoms with Crippen LogP contribution < -0.4 is 10.2 Å². The third kappa shape index (κ3) is 3.65. The van der Waals surface area contributed by atoms with E-state index < -0.39 is 0 Å². The van der Waals surface area contributed by atoms with Crippen LogP contribution in [0.5, 0.6) is 0 Å². The second-order valence-electron chi connectivity index (χ2n) is 7.72. The van der Waals surface area contributed by atoms with Crippen molar-refractivity contribution in [3.8, 4) is 0 Å². The third-order valence-electron chi connectivity index (χ3n) is 5.75. The van der Waals surface area contributed by atoms with Crippen molar-refractivity contribution in [2.24, 2.45) is 7.05 Å². The van der Waals surface area contributed by atoms with Gasteiger partial charge in [-0.3, -0.25) is 19.2 Å². The van der Waals surface area contributed by atoms with Gasteiger partial charge in [0, 0.05) is 46.2 Å². The lowest BCUT2D eigenvalue weighted by atomic mass is 10.1. The van der Waals surface area contributed by atoms with E-state index in [9.17, 15) is 9.59 Å². The molecule has 1 aromatic heterocycles. The number of para-hydroxylation sites is 2. The van der Waals surface area contributed by atoms with Crippen LogP contribution in [0.3, 0.4) is 0 Å². The molecule has 0 saturated carbocycles. The fraction of sp³-hybridized carbons (Fsp3) is 0.476. The number of aryl methyl sites for hydroxylation is 2. The van der Waals surface area contributed by atoms with E-state index in [0.29, 0.717) is 42.1 Å². The molecule has 8 nitrogen and oxygen atoms in total. The molecule has 29 heavy (non-hydrogen) atoms. The van der Waals surface area contributed by atoms with Crippen molar-refractivity contribution in [1.29, 1.82) is 0 Å². The summed E-state index contributed by atoms with van der Waals surface area (Å²) in [6.07, 6.45) is 1.03. The van der Waals surface area contributed by atoms with Crippen molar-refractivity contribution in [1.82, 2.24) is 19.6 Å². The van der Waals surface area contributed by atoms with Gasteiger partial charge in [0.2, 0.25) is 5.91 Å². The minimum absolute atomic E-state index is 0.0168. The lowest BCUT2D eigenvalue weighted by Crippen LogP contribution is -2.45. The van der Waals surface area contributed by atoms with Gasteiger partial charge in [-0.05, 0) is 25.6 Å². The van der Waals surface area contributed by atoms with Crippen LogP contribution >= 0.6 is 0 Å². The first kappa shape index (κ1) is 19.6. The van der Waals surface area contributed by atoms with Gasteiger partial charge in [-0.25, -0.2) is 0 Å². The van der Waals surface area contributed by atoms with Crippen LogP contribution in [-0.4, -0.2) is 71.2 Å². The van der Waals surface area contributed by atoms with E-state index >= 15 is 0 Å². The molecule has 2 amide bonds. The van der Waals surface area contributed by atoms with Gasteiger partial charge in [0.25, 0.3) is 5.91 Å². The van der Waals surface area contributed by atoms with Crippen molar-refractivity contribution in [3.63, 3.8) is 0 Å². The van der Waals surface area contributed by atoms with E-state index in [2.05, 4.69) is 27.3 Å². The number of rotatable bonds is 4. The molecule has 0 unspecified atom stereocenters. The summed E-state index contributed by atoms with van der Waals surface area (Å²) >= 11 is 0. The summed E-state index contributed by atoms with van der Waals surface area (Å²) in [5, 5.41) is 7.46. The number of carbonyl (C=O) groups is 2. The molecule has 2 aliphatic rings. The normalized spacial score (nSPS) is 17.5. The number of benzene rings is 1. The number of carbonyl (C=O) groups excluding carboxylic acids is 2. The van der Waals surface area contributed by atoms with E-state index in [4.69, 9.17) is 0 Å². The van der Waals surface area contributed by atoms with Crippen LogP contribution in [0.25, 0.3) is 0 Å². The number of aromatic nitrogens is 2.